The van der Waals surface area contributed by atoms with Crippen LogP contribution in [-0.4, -0.2) is 25.0 Å². The van der Waals surface area contributed by atoms with E-state index >= 15 is 0 Å². The molecule has 1 aliphatic rings. The number of hydrogen-bond acceptors (Lipinski definition) is 2. The van der Waals surface area contributed by atoms with E-state index in [0.29, 0.717) is 12.5 Å². The maximum atomic E-state index is 12.4. The molecule has 4 N–H and O–H groups in total. The lowest BCUT2D eigenvalue weighted by molar-refractivity contribution is -0.117. The number of aliphatic imine (C=N–C) groups is 1. The summed E-state index contributed by atoms with van der Waals surface area (Å²) in [6.45, 7) is 0.641. The van der Waals surface area contributed by atoms with Gasteiger partial charge < -0.3 is 16.4 Å². The minimum absolute atomic E-state index is 0.0212. The number of carbonyl (C=O) groups excluding carboxylic acids is 1. The highest BCUT2D eigenvalue weighted by Crippen LogP contribution is 2.39. The third kappa shape index (κ3) is 3.18. The van der Waals surface area contributed by atoms with E-state index in [-0.39, 0.29) is 18.4 Å². The number of benzene rings is 2. The first-order valence-corrected chi connectivity index (χ1v) is 7.66. The lowest BCUT2D eigenvalue weighted by atomic mass is 9.84. The molecule has 1 unspecified atom stereocenters. The summed E-state index contributed by atoms with van der Waals surface area (Å²) < 4.78 is 0. The number of nitrogens with two attached hydrogens (primary N) is 2. The molecule has 0 bridgehead atoms. The van der Waals surface area contributed by atoms with Gasteiger partial charge in [0, 0.05) is 18.2 Å². The van der Waals surface area contributed by atoms with Crippen LogP contribution in [0.4, 0.5) is 5.69 Å². The van der Waals surface area contributed by atoms with Gasteiger partial charge in [0.05, 0.1) is 0 Å². The average molecular weight is 308 g/mol. The smallest absolute Gasteiger partial charge is 0.248 e. The standard InChI is InChI=1S/C18H20N4O/c19-18(20)21-12-17(23)22-11-10-14(13-6-2-1-3-7-13)15-8-4-5-9-16(15)22/h1-9,14H,10-12H2,(H4,19,20,21). The number of anilines is 1. The van der Waals surface area contributed by atoms with Crippen molar-refractivity contribution in [3.05, 3.63) is 65.7 Å². The molecule has 3 rings (SSSR count). The van der Waals surface area contributed by atoms with Gasteiger partial charge in [-0.15, -0.1) is 0 Å². The predicted molar refractivity (Wildman–Crippen MR) is 92.4 cm³/mol. The first-order chi connectivity index (χ1) is 11.2. The normalized spacial score (nSPS) is 16.5. The fourth-order valence-electron chi connectivity index (χ4n) is 3.10. The zero-order valence-electron chi connectivity index (χ0n) is 12.9. The van der Waals surface area contributed by atoms with Crippen LogP contribution < -0.4 is 16.4 Å². The summed E-state index contributed by atoms with van der Waals surface area (Å²) in [4.78, 5) is 18.0. The van der Waals surface area contributed by atoms with Crippen molar-refractivity contribution in [2.24, 2.45) is 16.5 Å². The second-order valence-corrected chi connectivity index (χ2v) is 5.60. The molecule has 0 saturated heterocycles. The van der Waals surface area contributed by atoms with Gasteiger partial charge in [-0.05, 0) is 23.6 Å². The first kappa shape index (κ1) is 15.1. The highest BCUT2D eigenvalue weighted by molar-refractivity contribution is 5.97. The van der Waals surface area contributed by atoms with Gasteiger partial charge in [0.2, 0.25) is 5.91 Å². The summed E-state index contributed by atoms with van der Waals surface area (Å²) in [6.07, 6.45) is 0.884. The SMILES string of the molecule is NC(N)=NCC(=O)N1CCC(c2ccccc2)c2ccccc21. The Labute approximate surface area is 135 Å². The second kappa shape index (κ2) is 6.52. The molecule has 5 heteroatoms. The highest BCUT2D eigenvalue weighted by atomic mass is 16.2. The number of guanidine groups is 1. The van der Waals surface area contributed by atoms with Crippen molar-refractivity contribution in [3.8, 4) is 0 Å². The molecule has 1 amide bonds. The van der Waals surface area contributed by atoms with Crippen LogP contribution in [0.1, 0.15) is 23.5 Å². The van der Waals surface area contributed by atoms with Gasteiger partial charge in [-0.2, -0.15) is 0 Å². The average Bonchev–Trinajstić information content (AvgIpc) is 2.59. The van der Waals surface area contributed by atoms with Crippen molar-refractivity contribution in [1.82, 2.24) is 0 Å². The zero-order chi connectivity index (χ0) is 16.2. The fourth-order valence-corrected chi connectivity index (χ4v) is 3.10. The molecule has 2 aromatic rings. The molecule has 1 aliphatic heterocycles. The summed E-state index contributed by atoms with van der Waals surface area (Å²) in [6, 6.07) is 18.4. The Balaban J connectivity index is 1.92. The number of para-hydroxylation sites is 1. The van der Waals surface area contributed by atoms with Crippen LogP contribution in [-0.2, 0) is 4.79 Å². The van der Waals surface area contributed by atoms with Gasteiger partial charge >= 0.3 is 0 Å². The lowest BCUT2D eigenvalue weighted by Crippen LogP contribution is -2.39. The maximum absolute atomic E-state index is 12.4. The lowest BCUT2D eigenvalue weighted by Gasteiger charge is -2.34. The third-order valence-corrected chi connectivity index (χ3v) is 4.14. The van der Waals surface area contributed by atoms with E-state index in [9.17, 15) is 4.79 Å². The maximum Gasteiger partial charge on any atom is 0.248 e. The van der Waals surface area contributed by atoms with Crippen LogP contribution in [0, 0.1) is 0 Å². The minimum Gasteiger partial charge on any atom is -0.370 e. The van der Waals surface area contributed by atoms with Crippen LogP contribution in [0.3, 0.4) is 0 Å². The Morgan fingerprint density at radius 3 is 2.52 bits per heavy atom. The van der Waals surface area contributed by atoms with Crippen LogP contribution in [0.15, 0.2) is 59.6 Å². The number of nitrogens with zero attached hydrogens (tertiary/aromatic N) is 2. The van der Waals surface area contributed by atoms with Crippen molar-refractivity contribution < 1.29 is 4.79 Å². The molecule has 0 aliphatic carbocycles. The van der Waals surface area contributed by atoms with E-state index in [0.717, 1.165) is 12.1 Å². The van der Waals surface area contributed by atoms with E-state index in [1.807, 2.05) is 36.4 Å². The molecular weight excluding hydrogens is 288 g/mol. The molecule has 5 nitrogen and oxygen atoms in total. The molecule has 0 spiro atoms. The molecule has 0 aromatic heterocycles. The molecule has 0 saturated carbocycles. The Morgan fingerprint density at radius 2 is 1.78 bits per heavy atom. The van der Waals surface area contributed by atoms with Gasteiger partial charge in [-0.1, -0.05) is 48.5 Å². The molecule has 0 radical (unpaired) electrons. The summed E-state index contributed by atoms with van der Waals surface area (Å²) in [5, 5.41) is 0. The Hall–Kier alpha value is -2.82. The van der Waals surface area contributed by atoms with Crippen molar-refractivity contribution >= 4 is 17.6 Å². The van der Waals surface area contributed by atoms with Crippen molar-refractivity contribution in [1.29, 1.82) is 0 Å². The van der Waals surface area contributed by atoms with Crippen LogP contribution in [0.25, 0.3) is 0 Å². The van der Waals surface area contributed by atoms with E-state index in [2.05, 4.69) is 23.2 Å². The molecule has 0 fully saturated rings. The zero-order valence-corrected chi connectivity index (χ0v) is 12.9. The number of fused-ring (bicyclic) bond motifs is 1. The summed E-state index contributed by atoms with van der Waals surface area (Å²) in [5.74, 6) is 0.155. The molecule has 118 valence electrons. The van der Waals surface area contributed by atoms with Gasteiger partial charge in [-0.25, -0.2) is 4.99 Å². The highest BCUT2D eigenvalue weighted by Gasteiger charge is 2.28. The van der Waals surface area contributed by atoms with Gasteiger partial charge in [-0.3, -0.25) is 4.79 Å². The quantitative estimate of drug-likeness (QED) is 0.670. The Morgan fingerprint density at radius 1 is 1.09 bits per heavy atom. The third-order valence-electron chi connectivity index (χ3n) is 4.14. The van der Waals surface area contributed by atoms with Crippen molar-refractivity contribution in [2.45, 2.75) is 12.3 Å². The molecule has 1 heterocycles. The largest absolute Gasteiger partial charge is 0.370 e. The molecule has 23 heavy (non-hydrogen) atoms. The second-order valence-electron chi connectivity index (χ2n) is 5.60. The Kier molecular flexibility index (Phi) is 4.28. The number of hydrogen-bond donors (Lipinski definition) is 2. The Bertz CT molecular complexity index is 723. The summed E-state index contributed by atoms with van der Waals surface area (Å²) in [5.41, 5.74) is 14.0. The van der Waals surface area contributed by atoms with E-state index in [1.54, 1.807) is 4.90 Å². The number of carbonyl (C=O) groups is 1. The monoisotopic (exact) mass is 308 g/mol. The molecule has 1 atom stereocenters. The van der Waals surface area contributed by atoms with Gasteiger partial charge in [0.25, 0.3) is 0 Å². The summed E-state index contributed by atoms with van der Waals surface area (Å²) >= 11 is 0. The van der Waals surface area contributed by atoms with Crippen molar-refractivity contribution in [3.63, 3.8) is 0 Å². The minimum atomic E-state index is -0.0858. The molecule has 2 aromatic carbocycles. The molecular formula is C18H20N4O. The van der Waals surface area contributed by atoms with Crippen molar-refractivity contribution in [2.75, 3.05) is 18.0 Å². The topological polar surface area (TPSA) is 84.7 Å². The van der Waals surface area contributed by atoms with Crippen LogP contribution >= 0.6 is 0 Å². The van der Waals surface area contributed by atoms with Gasteiger partial charge in [0.1, 0.15) is 6.54 Å². The number of rotatable bonds is 3. The van der Waals surface area contributed by atoms with Gasteiger partial charge in [0.15, 0.2) is 5.96 Å². The summed E-state index contributed by atoms with van der Waals surface area (Å²) in [7, 11) is 0. The van der Waals surface area contributed by atoms with E-state index in [4.69, 9.17) is 11.5 Å². The van der Waals surface area contributed by atoms with E-state index in [1.165, 1.54) is 11.1 Å². The first-order valence-electron chi connectivity index (χ1n) is 7.66. The fraction of sp³-hybridized carbons (Fsp3) is 0.222. The van der Waals surface area contributed by atoms with Crippen LogP contribution in [0.2, 0.25) is 0 Å². The van der Waals surface area contributed by atoms with Crippen LogP contribution in [0.5, 0.6) is 0 Å². The van der Waals surface area contributed by atoms with E-state index < -0.39 is 0 Å². The number of amides is 1. The predicted octanol–water partition coefficient (Wildman–Crippen LogP) is 1.83.